The lowest BCUT2D eigenvalue weighted by Gasteiger charge is -2.04. The van der Waals surface area contributed by atoms with Gasteiger partial charge in [-0.25, -0.2) is 0 Å². The topological polar surface area (TPSA) is 107 Å². The molecule has 0 bridgehead atoms. The summed E-state index contributed by atoms with van der Waals surface area (Å²) in [5, 5.41) is 2.66. The smallest absolute Gasteiger partial charge is 0.291 e. The van der Waals surface area contributed by atoms with Crippen molar-refractivity contribution in [2.45, 2.75) is 6.54 Å². The van der Waals surface area contributed by atoms with E-state index in [0.717, 1.165) is 0 Å². The largest absolute Gasteiger partial charge is 0.454 e. The molecule has 0 atom stereocenters. The standard InChI is InChI=1S/C18H15N3O4/c19-17(23)12-4-6-13(7-5-12)20-18(24)15-9-8-14(25-15)11-21-10-2-1-3-16(21)22/h1-10H,11H2,(H2,19,23)(H,20,24). The van der Waals surface area contributed by atoms with Crippen LogP contribution in [0.15, 0.2) is 70.0 Å². The molecule has 3 rings (SSSR count). The van der Waals surface area contributed by atoms with Gasteiger partial charge in [-0.05, 0) is 42.5 Å². The highest BCUT2D eigenvalue weighted by molar-refractivity contribution is 6.02. The third-order valence-corrected chi connectivity index (χ3v) is 3.54. The normalized spacial score (nSPS) is 10.4. The van der Waals surface area contributed by atoms with Crippen LogP contribution in [0.5, 0.6) is 0 Å². The molecule has 126 valence electrons. The van der Waals surface area contributed by atoms with Gasteiger partial charge in [-0.15, -0.1) is 0 Å². The van der Waals surface area contributed by atoms with E-state index >= 15 is 0 Å². The Balaban J connectivity index is 1.69. The molecule has 0 spiro atoms. The van der Waals surface area contributed by atoms with Crippen LogP contribution in [0.2, 0.25) is 0 Å². The van der Waals surface area contributed by atoms with Gasteiger partial charge < -0.3 is 20.0 Å². The first-order chi connectivity index (χ1) is 12.0. The number of nitrogens with zero attached hydrogens (tertiary/aromatic N) is 1. The average molecular weight is 337 g/mol. The Hall–Kier alpha value is -3.61. The molecule has 0 saturated heterocycles. The first-order valence-electron chi connectivity index (χ1n) is 7.48. The zero-order valence-corrected chi connectivity index (χ0v) is 13.1. The predicted octanol–water partition coefficient (Wildman–Crippen LogP) is 1.84. The lowest BCUT2D eigenvalue weighted by Crippen LogP contribution is -2.18. The number of nitrogens with one attached hydrogen (secondary N) is 1. The molecule has 2 aromatic heterocycles. The minimum atomic E-state index is -0.537. The van der Waals surface area contributed by atoms with Gasteiger partial charge in [-0.1, -0.05) is 6.07 Å². The van der Waals surface area contributed by atoms with Crippen LogP contribution in [-0.4, -0.2) is 16.4 Å². The van der Waals surface area contributed by atoms with Gasteiger partial charge in [0.1, 0.15) is 5.76 Å². The number of pyridine rings is 1. The molecule has 0 aliphatic carbocycles. The Bertz CT molecular complexity index is 970. The average Bonchev–Trinajstić information content (AvgIpc) is 3.06. The summed E-state index contributed by atoms with van der Waals surface area (Å²) in [5.74, 6) is -0.358. The van der Waals surface area contributed by atoms with E-state index in [9.17, 15) is 14.4 Å². The number of nitrogens with two attached hydrogens (primary N) is 1. The van der Waals surface area contributed by atoms with Crippen molar-refractivity contribution in [3.05, 3.63) is 88.2 Å². The van der Waals surface area contributed by atoms with Crippen LogP contribution in [0.3, 0.4) is 0 Å². The summed E-state index contributed by atoms with van der Waals surface area (Å²) in [6, 6.07) is 14.2. The van der Waals surface area contributed by atoms with Gasteiger partial charge in [0.25, 0.3) is 11.5 Å². The lowest BCUT2D eigenvalue weighted by atomic mass is 10.2. The van der Waals surface area contributed by atoms with Crippen molar-refractivity contribution in [3.8, 4) is 0 Å². The number of hydrogen-bond acceptors (Lipinski definition) is 4. The van der Waals surface area contributed by atoms with Gasteiger partial charge in [-0.2, -0.15) is 0 Å². The van der Waals surface area contributed by atoms with Crippen LogP contribution in [0.4, 0.5) is 5.69 Å². The maximum atomic E-state index is 12.2. The number of anilines is 1. The number of benzene rings is 1. The molecule has 2 heterocycles. The van der Waals surface area contributed by atoms with E-state index in [4.69, 9.17) is 10.2 Å². The summed E-state index contributed by atoms with van der Waals surface area (Å²) < 4.78 is 6.97. The lowest BCUT2D eigenvalue weighted by molar-refractivity contribution is 0.0990. The van der Waals surface area contributed by atoms with Crippen molar-refractivity contribution in [1.29, 1.82) is 0 Å². The maximum absolute atomic E-state index is 12.2. The Morgan fingerprint density at radius 3 is 2.48 bits per heavy atom. The Labute approximate surface area is 142 Å². The van der Waals surface area contributed by atoms with Crippen LogP contribution in [0.25, 0.3) is 0 Å². The third-order valence-electron chi connectivity index (χ3n) is 3.54. The van der Waals surface area contributed by atoms with Gasteiger partial charge in [0.2, 0.25) is 5.91 Å². The second-order valence-corrected chi connectivity index (χ2v) is 5.33. The Kier molecular flexibility index (Phi) is 4.47. The van der Waals surface area contributed by atoms with E-state index in [1.807, 2.05) is 0 Å². The number of furan rings is 1. The number of carbonyl (C=O) groups is 2. The van der Waals surface area contributed by atoms with Crippen LogP contribution in [0, 0.1) is 0 Å². The molecular formula is C18H15N3O4. The first kappa shape index (κ1) is 16.3. The molecule has 0 aliphatic heterocycles. The molecule has 25 heavy (non-hydrogen) atoms. The molecule has 3 N–H and O–H groups in total. The Morgan fingerprint density at radius 2 is 1.80 bits per heavy atom. The second-order valence-electron chi connectivity index (χ2n) is 5.33. The van der Waals surface area contributed by atoms with Gasteiger partial charge in [0.15, 0.2) is 5.76 Å². The fraction of sp³-hybridized carbons (Fsp3) is 0.0556. The molecule has 0 saturated carbocycles. The van der Waals surface area contributed by atoms with E-state index in [0.29, 0.717) is 17.0 Å². The Morgan fingerprint density at radius 1 is 1.04 bits per heavy atom. The molecule has 2 amide bonds. The molecule has 0 radical (unpaired) electrons. The fourth-order valence-electron chi connectivity index (χ4n) is 2.25. The van der Waals surface area contributed by atoms with Gasteiger partial charge in [-0.3, -0.25) is 14.4 Å². The maximum Gasteiger partial charge on any atom is 0.291 e. The SMILES string of the molecule is NC(=O)c1ccc(NC(=O)c2ccc(Cn3ccccc3=O)o2)cc1. The van der Waals surface area contributed by atoms with Crippen molar-refractivity contribution in [3.63, 3.8) is 0 Å². The summed E-state index contributed by atoms with van der Waals surface area (Å²) in [6.07, 6.45) is 1.64. The quantitative estimate of drug-likeness (QED) is 0.740. The number of rotatable bonds is 5. The molecule has 7 nitrogen and oxygen atoms in total. The van der Waals surface area contributed by atoms with Crippen LogP contribution >= 0.6 is 0 Å². The summed E-state index contributed by atoms with van der Waals surface area (Å²) in [5.41, 5.74) is 5.87. The highest BCUT2D eigenvalue weighted by Crippen LogP contribution is 2.14. The van der Waals surface area contributed by atoms with Crippen molar-refractivity contribution in [2.24, 2.45) is 5.73 Å². The monoisotopic (exact) mass is 337 g/mol. The summed E-state index contributed by atoms with van der Waals surface area (Å²) in [6.45, 7) is 0.236. The number of carbonyl (C=O) groups excluding carboxylic acids is 2. The van der Waals surface area contributed by atoms with Crippen LogP contribution < -0.4 is 16.6 Å². The molecule has 0 aliphatic rings. The van der Waals surface area contributed by atoms with E-state index in [-0.39, 0.29) is 17.9 Å². The molecule has 0 fully saturated rings. The number of hydrogen-bond donors (Lipinski definition) is 2. The number of aromatic nitrogens is 1. The van der Waals surface area contributed by atoms with Crippen molar-refractivity contribution in [2.75, 3.05) is 5.32 Å². The van der Waals surface area contributed by atoms with E-state index in [1.54, 1.807) is 36.5 Å². The third kappa shape index (κ3) is 3.84. The zero-order chi connectivity index (χ0) is 17.8. The minimum absolute atomic E-state index is 0.123. The minimum Gasteiger partial charge on any atom is -0.454 e. The van der Waals surface area contributed by atoms with Gasteiger partial charge in [0.05, 0.1) is 6.54 Å². The summed E-state index contributed by atoms with van der Waals surface area (Å²) >= 11 is 0. The molecule has 1 aromatic carbocycles. The molecule has 0 unspecified atom stereocenters. The predicted molar refractivity (Wildman–Crippen MR) is 91.4 cm³/mol. The van der Waals surface area contributed by atoms with E-state index < -0.39 is 11.8 Å². The highest BCUT2D eigenvalue weighted by Gasteiger charge is 2.12. The molecule has 7 heteroatoms. The number of amides is 2. The van der Waals surface area contributed by atoms with Gasteiger partial charge >= 0.3 is 0 Å². The first-order valence-corrected chi connectivity index (χ1v) is 7.48. The molecular weight excluding hydrogens is 322 g/mol. The number of primary amides is 1. The van der Waals surface area contributed by atoms with Crippen molar-refractivity contribution in [1.82, 2.24) is 4.57 Å². The second kappa shape index (κ2) is 6.88. The summed E-state index contributed by atoms with van der Waals surface area (Å²) in [4.78, 5) is 34.9. The van der Waals surface area contributed by atoms with E-state index in [1.165, 1.54) is 28.8 Å². The van der Waals surface area contributed by atoms with Crippen molar-refractivity contribution >= 4 is 17.5 Å². The fourth-order valence-corrected chi connectivity index (χ4v) is 2.25. The summed E-state index contributed by atoms with van der Waals surface area (Å²) in [7, 11) is 0. The zero-order valence-electron chi connectivity index (χ0n) is 13.1. The van der Waals surface area contributed by atoms with Crippen molar-refractivity contribution < 1.29 is 14.0 Å². The van der Waals surface area contributed by atoms with Crippen LogP contribution in [0.1, 0.15) is 26.7 Å². The highest BCUT2D eigenvalue weighted by atomic mass is 16.4. The van der Waals surface area contributed by atoms with E-state index in [2.05, 4.69) is 5.32 Å². The molecule has 3 aromatic rings. The van der Waals surface area contributed by atoms with Gasteiger partial charge in [0, 0.05) is 23.5 Å². The van der Waals surface area contributed by atoms with Crippen LogP contribution in [-0.2, 0) is 6.54 Å².